The summed E-state index contributed by atoms with van der Waals surface area (Å²) >= 11 is 0. The predicted molar refractivity (Wildman–Crippen MR) is 60.4 cm³/mol. The SMILES string of the molecule is CC(C)c1cc(CNC2CC2)ccc1F. The highest BCUT2D eigenvalue weighted by Crippen LogP contribution is 2.22. The molecule has 1 nitrogen and oxygen atoms in total. The molecule has 1 aromatic rings. The zero-order valence-corrected chi connectivity index (χ0v) is 9.39. The van der Waals surface area contributed by atoms with Crippen molar-refractivity contribution in [2.24, 2.45) is 0 Å². The molecule has 1 fully saturated rings. The van der Waals surface area contributed by atoms with Gasteiger partial charge in [0.15, 0.2) is 0 Å². The van der Waals surface area contributed by atoms with E-state index in [1.54, 1.807) is 6.07 Å². The quantitative estimate of drug-likeness (QED) is 0.799. The van der Waals surface area contributed by atoms with Gasteiger partial charge in [0.05, 0.1) is 0 Å². The van der Waals surface area contributed by atoms with E-state index < -0.39 is 0 Å². The molecular weight excluding hydrogens is 189 g/mol. The van der Waals surface area contributed by atoms with Crippen LogP contribution in [0.5, 0.6) is 0 Å². The van der Waals surface area contributed by atoms with Gasteiger partial charge in [-0.05, 0) is 36.0 Å². The normalized spacial score (nSPS) is 16.0. The maximum absolute atomic E-state index is 13.4. The monoisotopic (exact) mass is 207 g/mol. The van der Waals surface area contributed by atoms with Crippen LogP contribution in [-0.4, -0.2) is 6.04 Å². The molecule has 0 bridgehead atoms. The summed E-state index contributed by atoms with van der Waals surface area (Å²) in [4.78, 5) is 0. The first kappa shape index (κ1) is 10.6. The fourth-order valence-corrected chi connectivity index (χ4v) is 1.70. The van der Waals surface area contributed by atoms with Crippen molar-refractivity contribution in [3.63, 3.8) is 0 Å². The van der Waals surface area contributed by atoms with Crippen LogP contribution < -0.4 is 5.32 Å². The first-order valence-corrected chi connectivity index (χ1v) is 5.68. The van der Waals surface area contributed by atoms with Crippen molar-refractivity contribution in [2.75, 3.05) is 0 Å². The third kappa shape index (κ3) is 2.78. The van der Waals surface area contributed by atoms with Crippen molar-refractivity contribution in [1.82, 2.24) is 5.32 Å². The molecule has 2 heteroatoms. The number of benzene rings is 1. The lowest BCUT2D eigenvalue weighted by molar-refractivity contribution is 0.595. The Bertz CT molecular complexity index is 342. The smallest absolute Gasteiger partial charge is 0.126 e. The molecule has 0 aliphatic heterocycles. The minimum absolute atomic E-state index is 0.0832. The van der Waals surface area contributed by atoms with Gasteiger partial charge in [-0.15, -0.1) is 0 Å². The van der Waals surface area contributed by atoms with Crippen molar-refractivity contribution in [1.29, 1.82) is 0 Å². The van der Waals surface area contributed by atoms with Crippen molar-refractivity contribution < 1.29 is 4.39 Å². The summed E-state index contributed by atoms with van der Waals surface area (Å²) in [6.07, 6.45) is 2.58. The van der Waals surface area contributed by atoms with Gasteiger partial charge < -0.3 is 5.32 Å². The molecule has 0 spiro atoms. The van der Waals surface area contributed by atoms with E-state index in [-0.39, 0.29) is 11.7 Å². The maximum Gasteiger partial charge on any atom is 0.126 e. The lowest BCUT2D eigenvalue weighted by Crippen LogP contribution is -2.15. The van der Waals surface area contributed by atoms with Crippen LogP contribution in [0.2, 0.25) is 0 Å². The van der Waals surface area contributed by atoms with E-state index in [1.807, 2.05) is 26.0 Å². The fraction of sp³-hybridized carbons (Fsp3) is 0.538. The second-order valence-electron chi connectivity index (χ2n) is 4.67. The Balaban J connectivity index is 2.06. The fourth-order valence-electron chi connectivity index (χ4n) is 1.70. The van der Waals surface area contributed by atoms with E-state index in [4.69, 9.17) is 0 Å². The second kappa shape index (κ2) is 4.31. The summed E-state index contributed by atoms with van der Waals surface area (Å²) in [6.45, 7) is 4.91. The van der Waals surface area contributed by atoms with Gasteiger partial charge in [0, 0.05) is 12.6 Å². The number of nitrogens with one attached hydrogen (secondary N) is 1. The van der Waals surface area contributed by atoms with Gasteiger partial charge in [0.2, 0.25) is 0 Å². The lowest BCUT2D eigenvalue weighted by atomic mass is 10.00. The Morgan fingerprint density at radius 3 is 2.73 bits per heavy atom. The molecule has 0 atom stereocenters. The highest BCUT2D eigenvalue weighted by Gasteiger charge is 2.20. The van der Waals surface area contributed by atoms with Crippen LogP contribution in [0.25, 0.3) is 0 Å². The van der Waals surface area contributed by atoms with Gasteiger partial charge in [-0.3, -0.25) is 0 Å². The molecule has 0 saturated heterocycles. The zero-order chi connectivity index (χ0) is 10.8. The molecule has 1 saturated carbocycles. The summed E-state index contributed by atoms with van der Waals surface area (Å²) in [5, 5.41) is 3.44. The topological polar surface area (TPSA) is 12.0 Å². The maximum atomic E-state index is 13.4. The molecule has 0 radical (unpaired) electrons. The van der Waals surface area contributed by atoms with Crippen molar-refractivity contribution >= 4 is 0 Å². The van der Waals surface area contributed by atoms with E-state index in [9.17, 15) is 4.39 Å². The molecule has 2 rings (SSSR count). The van der Waals surface area contributed by atoms with E-state index in [1.165, 1.54) is 18.4 Å². The summed E-state index contributed by atoms with van der Waals surface area (Å²) in [6, 6.07) is 6.14. The van der Waals surface area contributed by atoms with Gasteiger partial charge in [-0.2, -0.15) is 0 Å². The number of rotatable bonds is 4. The molecule has 1 aliphatic carbocycles. The minimum Gasteiger partial charge on any atom is -0.310 e. The van der Waals surface area contributed by atoms with Gasteiger partial charge in [-0.25, -0.2) is 4.39 Å². The number of hydrogen-bond donors (Lipinski definition) is 1. The molecule has 15 heavy (non-hydrogen) atoms. The Morgan fingerprint density at radius 1 is 1.40 bits per heavy atom. The van der Waals surface area contributed by atoms with Gasteiger partial charge in [-0.1, -0.05) is 26.0 Å². The highest BCUT2D eigenvalue weighted by atomic mass is 19.1. The van der Waals surface area contributed by atoms with E-state index in [0.717, 1.165) is 12.1 Å². The number of halogens is 1. The minimum atomic E-state index is -0.0832. The average molecular weight is 207 g/mol. The zero-order valence-electron chi connectivity index (χ0n) is 9.39. The Morgan fingerprint density at radius 2 is 2.13 bits per heavy atom. The van der Waals surface area contributed by atoms with E-state index in [0.29, 0.717) is 6.04 Å². The molecule has 0 aromatic heterocycles. The largest absolute Gasteiger partial charge is 0.310 e. The molecule has 0 unspecified atom stereocenters. The van der Waals surface area contributed by atoms with Crippen molar-refractivity contribution in [2.45, 2.75) is 45.2 Å². The second-order valence-corrected chi connectivity index (χ2v) is 4.67. The molecule has 0 heterocycles. The first-order chi connectivity index (χ1) is 7.16. The number of hydrogen-bond acceptors (Lipinski definition) is 1. The standard InChI is InChI=1S/C13H18FN/c1-9(2)12-7-10(3-6-13(12)14)8-15-11-4-5-11/h3,6-7,9,11,15H,4-5,8H2,1-2H3. The summed E-state index contributed by atoms with van der Waals surface area (Å²) in [7, 11) is 0. The van der Waals surface area contributed by atoms with Crippen LogP contribution in [-0.2, 0) is 6.54 Å². The van der Waals surface area contributed by atoms with Gasteiger partial charge in [0.25, 0.3) is 0 Å². The molecule has 82 valence electrons. The van der Waals surface area contributed by atoms with Crippen LogP contribution in [0.15, 0.2) is 18.2 Å². The van der Waals surface area contributed by atoms with Gasteiger partial charge in [0.1, 0.15) is 5.82 Å². The summed E-state index contributed by atoms with van der Waals surface area (Å²) in [5.41, 5.74) is 2.01. The van der Waals surface area contributed by atoms with Crippen LogP contribution in [0.4, 0.5) is 4.39 Å². The third-order valence-corrected chi connectivity index (χ3v) is 2.85. The lowest BCUT2D eigenvalue weighted by Gasteiger charge is -2.10. The first-order valence-electron chi connectivity index (χ1n) is 5.68. The highest BCUT2D eigenvalue weighted by molar-refractivity contribution is 5.27. The van der Waals surface area contributed by atoms with Crippen LogP contribution in [0.1, 0.15) is 43.7 Å². The molecule has 1 aliphatic rings. The summed E-state index contributed by atoms with van der Waals surface area (Å²) < 4.78 is 13.4. The molecule has 1 N–H and O–H groups in total. The van der Waals surface area contributed by atoms with E-state index in [2.05, 4.69) is 5.32 Å². The Kier molecular flexibility index (Phi) is 3.06. The Hall–Kier alpha value is -0.890. The van der Waals surface area contributed by atoms with Crippen LogP contribution in [0.3, 0.4) is 0 Å². The Labute approximate surface area is 90.7 Å². The molecule has 0 amide bonds. The average Bonchev–Trinajstić information content (AvgIpc) is 3.00. The van der Waals surface area contributed by atoms with Gasteiger partial charge >= 0.3 is 0 Å². The predicted octanol–water partition coefficient (Wildman–Crippen LogP) is 3.20. The summed E-state index contributed by atoms with van der Waals surface area (Å²) in [5.74, 6) is 0.172. The van der Waals surface area contributed by atoms with Crippen LogP contribution in [0, 0.1) is 5.82 Å². The van der Waals surface area contributed by atoms with E-state index >= 15 is 0 Å². The van der Waals surface area contributed by atoms with Crippen molar-refractivity contribution in [3.8, 4) is 0 Å². The van der Waals surface area contributed by atoms with Crippen molar-refractivity contribution in [3.05, 3.63) is 35.1 Å². The van der Waals surface area contributed by atoms with Crippen LogP contribution >= 0.6 is 0 Å². The third-order valence-electron chi connectivity index (χ3n) is 2.85. The molecular formula is C13H18FN. The molecule has 1 aromatic carbocycles.